The van der Waals surface area contributed by atoms with E-state index in [1.807, 2.05) is 6.08 Å². The summed E-state index contributed by atoms with van der Waals surface area (Å²) in [6, 6.07) is -1.19. The van der Waals surface area contributed by atoms with Crippen molar-refractivity contribution in [2.45, 2.75) is 262 Å². The van der Waals surface area contributed by atoms with Gasteiger partial charge in [-0.1, -0.05) is 172 Å². The van der Waals surface area contributed by atoms with Crippen molar-refractivity contribution < 1.29 is 50.0 Å². The number of rotatable bonds is 41. The Bertz CT molecular complexity index is 1090. The molecule has 1 rings (SSSR count). The van der Waals surface area contributed by atoms with Gasteiger partial charge >= 0.3 is 0 Å². The standard InChI is InChI=1S/C50H93NO10/c1-3-5-7-9-11-13-15-16-17-18-19-20-21-22-23-24-25-26-27-28-30-32-34-36-38-43(54)49(59)51-41(40-60-50-48(58)47(57)46(56)44(39-52)61-50)45(55)42(53)37-35-33-31-29-14-12-10-8-6-4-2/h8,10,22-23,29,31,41-48,50,52-58H,3-7,9,11-21,24-28,30,32-40H2,1-2H3,(H,51,59)/b10-8+,23-22-,31-29+. The number of aliphatic hydroxyl groups is 7. The van der Waals surface area contributed by atoms with Crippen molar-refractivity contribution in [1.82, 2.24) is 5.32 Å². The molecule has 0 aromatic carbocycles. The van der Waals surface area contributed by atoms with Crippen LogP contribution >= 0.6 is 0 Å². The first kappa shape index (κ1) is 57.3. The summed E-state index contributed by atoms with van der Waals surface area (Å²) >= 11 is 0. The maximum atomic E-state index is 13.1. The first-order valence-electron chi connectivity index (χ1n) is 24.9. The van der Waals surface area contributed by atoms with E-state index in [0.29, 0.717) is 19.3 Å². The molecule has 9 atom stereocenters. The monoisotopic (exact) mass is 868 g/mol. The lowest BCUT2D eigenvalue weighted by Crippen LogP contribution is -2.60. The van der Waals surface area contributed by atoms with Crippen molar-refractivity contribution >= 4 is 5.91 Å². The third-order valence-electron chi connectivity index (χ3n) is 11.9. The van der Waals surface area contributed by atoms with E-state index in [-0.39, 0.29) is 12.8 Å². The minimum atomic E-state index is -1.67. The number of unbranched alkanes of at least 4 members (excludes halogenated alkanes) is 23. The lowest BCUT2D eigenvalue weighted by atomic mass is 9.98. The van der Waals surface area contributed by atoms with Crippen LogP contribution in [0.2, 0.25) is 0 Å². The Kier molecular flexibility index (Phi) is 37.5. The van der Waals surface area contributed by atoms with Gasteiger partial charge in [0.2, 0.25) is 5.91 Å². The third kappa shape index (κ3) is 29.4. The second-order valence-electron chi connectivity index (χ2n) is 17.5. The molecule has 0 bridgehead atoms. The number of carbonyl (C=O) groups excluding carboxylic acids is 1. The average molecular weight is 868 g/mol. The van der Waals surface area contributed by atoms with Crippen LogP contribution < -0.4 is 5.32 Å². The van der Waals surface area contributed by atoms with Gasteiger partial charge in [-0.3, -0.25) is 4.79 Å². The van der Waals surface area contributed by atoms with Crippen LogP contribution in [0.3, 0.4) is 0 Å². The molecule has 11 nitrogen and oxygen atoms in total. The van der Waals surface area contributed by atoms with Gasteiger partial charge in [0.05, 0.1) is 25.4 Å². The number of ether oxygens (including phenoxy) is 2. The summed E-state index contributed by atoms with van der Waals surface area (Å²) in [6.07, 6.45) is 35.1. The zero-order chi connectivity index (χ0) is 44.8. The second-order valence-corrected chi connectivity index (χ2v) is 17.5. The summed E-state index contributed by atoms with van der Waals surface area (Å²) in [6.45, 7) is 3.34. The highest BCUT2D eigenvalue weighted by atomic mass is 16.7. The lowest BCUT2D eigenvalue weighted by Gasteiger charge is -2.40. The van der Waals surface area contributed by atoms with Crippen molar-refractivity contribution in [2.75, 3.05) is 13.2 Å². The quantitative estimate of drug-likeness (QED) is 0.0218. The van der Waals surface area contributed by atoms with Crippen LogP contribution in [-0.2, 0) is 14.3 Å². The van der Waals surface area contributed by atoms with Crippen LogP contribution in [0.4, 0.5) is 0 Å². The molecular formula is C50H93NO10. The van der Waals surface area contributed by atoms with Crippen LogP contribution in [0, 0.1) is 0 Å². The minimum absolute atomic E-state index is 0.244. The Hall–Kier alpha value is -1.67. The number of carbonyl (C=O) groups is 1. The maximum Gasteiger partial charge on any atom is 0.249 e. The van der Waals surface area contributed by atoms with E-state index < -0.39 is 74.2 Å². The number of nitrogens with one attached hydrogen (secondary N) is 1. The predicted molar refractivity (Wildman–Crippen MR) is 247 cm³/mol. The molecule has 0 aromatic heterocycles. The number of hydrogen-bond donors (Lipinski definition) is 8. The van der Waals surface area contributed by atoms with Crippen molar-refractivity contribution in [1.29, 1.82) is 0 Å². The molecule has 0 spiro atoms. The van der Waals surface area contributed by atoms with E-state index in [0.717, 1.165) is 51.4 Å². The van der Waals surface area contributed by atoms with Gasteiger partial charge in [-0.2, -0.15) is 0 Å². The summed E-state index contributed by atoms with van der Waals surface area (Å²) in [5.74, 6) is -0.715. The Morgan fingerprint density at radius 2 is 1.02 bits per heavy atom. The van der Waals surface area contributed by atoms with Crippen molar-refractivity contribution in [3.63, 3.8) is 0 Å². The number of aliphatic hydroxyl groups excluding tert-OH is 7. The van der Waals surface area contributed by atoms with E-state index in [4.69, 9.17) is 9.47 Å². The molecule has 61 heavy (non-hydrogen) atoms. The van der Waals surface area contributed by atoms with E-state index in [1.54, 1.807) is 0 Å². The first-order chi connectivity index (χ1) is 29.7. The Labute approximate surface area is 371 Å². The van der Waals surface area contributed by atoms with Crippen LogP contribution in [0.25, 0.3) is 0 Å². The van der Waals surface area contributed by atoms with Gasteiger partial charge in [-0.05, 0) is 70.6 Å². The summed E-state index contributed by atoms with van der Waals surface area (Å²) in [5, 5.41) is 75.5. The molecule has 0 aliphatic carbocycles. The van der Waals surface area contributed by atoms with Gasteiger partial charge in [0.1, 0.15) is 36.6 Å². The molecule has 1 fully saturated rings. The molecule has 0 aromatic rings. The van der Waals surface area contributed by atoms with Gasteiger partial charge in [-0.15, -0.1) is 0 Å². The molecule has 1 aliphatic heterocycles. The lowest BCUT2D eigenvalue weighted by molar-refractivity contribution is -0.303. The smallest absolute Gasteiger partial charge is 0.249 e. The van der Waals surface area contributed by atoms with Crippen LogP contribution in [-0.4, -0.2) is 110 Å². The molecule has 1 amide bonds. The van der Waals surface area contributed by atoms with E-state index in [9.17, 15) is 40.5 Å². The highest BCUT2D eigenvalue weighted by Crippen LogP contribution is 2.23. The number of amides is 1. The van der Waals surface area contributed by atoms with Crippen LogP contribution in [0.1, 0.15) is 206 Å². The Morgan fingerprint density at radius 3 is 1.52 bits per heavy atom. The summed E-state index contributed by atoms with van der Waals surface area (Å²) < 4.78 is 11.1. The summed E-state index contributed by atoms with van der Waals surface area (Å²) in [5.41, 5.74) is 0. The molecule has 9 unspecified atom stereocenters. The summed E-state index contributed by atoms with van der Waals surface area (Å²) in [7, 11) is 0. The second kappa shape index (κ2) is 39.9. The predicted octanol–water partition coefficient (Wildman–Crippen LogP) is 8.78. The van der Waals surface area contributed by atoms with Crippen molar-refractivity contribution in [3.05, 3.63) is 36.5 Å². The molecule has 358 valence electrons. The molecule has 1 aliphatic rings. The number of hydrogen-bond acceptors (Lipinski definition) is 10. The molecular weight excluding hydrogens is 775 g/mol. The molecule has 8 N–H and O–H groups in total. The molecule has 1 saturated heterocycles. The largest absolute Gasteiger partial charge is 0.394 e. The Balaban J connectivity index is 2.33. The zero-order valence-corrected chi connectivity index (χ0v) is 38.6. The molecule has 11 heteroatoms. The van der Waals surface area contributed by atoms with Gasteiger partial charge in [0, 0.05) is 0 Å². The SMILES string of the molecule is CCC/C=C/CC/C=C/CCCC(O)C(O)C(COC1OC(CO)C(O)C(O)C1O)NC(=O)C(O)CCCCCCCCCC/C=C\CCCCCCCCCCCCCC. The first-order valence-corrected chi connectivity index (χ1v) is 24.9. The maximum absolute atomic E-state index is 13.1. The van der Waals surface area contributed by atoms with Gasteiger partial charge in [0.25, 0.3) is 0 Å². The minimum Gasteiger partial charge on any atom is -0.394 e. The normalized spacial score (nSPS) is 21.8. The Morgan fingerprint density at radius 1 is 0.557 bits per heavy atom. The zero-order valence-electron chi connectivity index (χ0n) is 38.6. The topological polar surface area (TPSA) is 189 Å². The number of allylic oxidation sites excluding steroid dienone is 6. The fourth-order valence-corrected chi connectivity index (χ4v) is 7.75. The third-order valence-corrected chi connectivity index (χ3v) is 11.9. The van der Waals surface area contributed by atoms with Crippen molar-refractivity contribution in [2.24, 2.45) is 0 Å². The summed E-state index contributed by atoms with van der Waals surface area (Å²) in [4.78, 5) is 13.1. The fourth-order valence-electron chi connectivity index (χ4n) is 7.75. The van der Waals surface area contributed by atoms with E-state index in [2.05, 4.69) is 49.5 Å². The fraction of sp³-hybridized carbons (Fsp3) is 0.860. The van der Waals surface area contributed by atoms with E-state index in [1.165, 1.54) is 109 Å². The van der Waals surface area contributed by atoms with Gasteiger partial charge < -0.3 is 50.5 Å². The van der Waals surface area contributed by atoms with Crippen molar-refractivity contribution in [3.8, 4) is 0 Å². The molecule has 0 radical (unpaired) electrons. The highest BCUT2D eigenvalue weighted by Gasteiger charge is 2.44. The van der Waals surface area contributed by atoms with E-state index >= 15 is 0 Å². The molecule has 1 heterocycles. The highest BCUT2D eigenvalue weighted by molar-refractivity contribution is 5.80. The van der Waals surface area contributed by atoms with Crippen LogP contribution in [0.15, 0.2) is 36.5 Å². The average Bonchev–Trinajstić information content (AvgIpc) is 3.26. The van der Waals surface area contributed by atoms with Gasteiger partial charge in [0.15, 0.2) is 6.29 Å². The van der Waals surface area contributed by atoms with Crippen LogP contribution in [0.5, 0.6) is 0 Å². The van der Waals surface area contributed by atoms with Gasteiger partial charge in [-0.25, -0.2) is 0 Å². The molecule has 0 saturated carbocycles.